The molecule has 0 saturated heterocycles. The Kier molecular flexibility index (Phi) is 7.86. The van der Waals surface area contributed by atoms with Gasteiger partial charge in [-0.2, -0.15) is 0 Å². The van der Waals surface area contributed by atoms with Crippen LogP contribution in [0.1, 0.15) is 27.0 Å². The van der Waals surface area contributed by atoms with Crippen LogP contribution in [0.4, 0.5) is 5.69 Å². The summed E-state index contributed by atoms with van der Waals surface area (Å²) in [5.74, 6) is -0.390. The van der Waals surface area contributed by atoms with E-state index in [1.807, 2.05) is 54.6 Å². The maximum Gasteiger partial charge on any atom is 0.284 e. The van der Waals surface area contributed by atoms with Gasteiger partial charge in [-0.1, -0.05) is 54.6 Å². The first-order valence-electron chi connectivity index (χ1n) is 10.8. The number of nitrogens with zero attached hydrogens (tertiary/aromatic N) is 4. The van der Waals surface area contributed by atoms with Crippen molar-refractivity contribution in [3.63, 3.8) is 0 Å². The van der Waals surface area contributed by atoms with Gasteiger partial charge in [0.2, 0.25) is 0 Å². The van der Waals surface area contributed by atoms with Gasteiger partial charge in [0, 0.05) is 25.2 Å². The molecular weight excluding hydrogens is 466 g/mol. The molecule has 9 nitrogen and oxygen atoms in total. The molecule has 0 aliphatic carbocycles. The van der Waals surface area contributed by atoms with Crippen molar-refractivity contribution in [1.82, 2.24) is 20.1 Å². The number of amides is 1. The van der Waals surface area contributed by atoms with E-state index in [-0.39, 0.29) is 11.3 Å². The first kappa shape index (κ1) is 24.1. The number of carbonyl (C=O) groups is 1. The number of nitro groups is 1. The fourth-order valence-corrected chi connectivity index (χ4v) is 4.10. The largest absolute Gasteiger partial charge is 0.372 e. The zero-order chi connectivity index (χ0) is 24.6. The molecule has 1 heterocycles. The number of rotatable bonds is 10. The van der Waals surface area contributed by atoms with E-state index in [2.05, 4.69) is 15.5 Å². The third kappa shape index (κ3) is 6.52. The molecule has 1 amide bonds. The molecule has 0 aliphatic rings. The van der Waals surface area contributed by atoms with Crippen molar-refractivity contribution in [2.24, 2.45) is 7.05 Å². The van der Waals surface area contributed by atoms with E-state index < -0.39 is 10.8 Å². The van der Waals surface area contributed by atoms with Crippen LogP contribution in [-0.4, -0.2) is 25.6 Å². The van der Waals surface area contributed by atoms with Gasteiger partial charge in [-0.25, -0.2) is 0 Å². The minimum Gasteiger partial charge on any atom is -0.372 e. The second-order valence-corrected chi connectivity index (χ2v) is 8.75. The summed E-state index contributed by atoms with van der Waals surface area (Å²) in [6, 6.07) is 22.1. The summed E-state index contributed by atoms with van der Waals surface area (Å²) in [6.45, 7) is 1.33. The van der Waals surface area contributed by atoms with Gasteiger partial charge in [0.25, 0.3) is 11.6 Å². The lowest BCUT2D eigenvalue weighted by molar-refractivity contribution is -0.387. The third-order valence-corrected chi connectivity index (χ3v) is 6.26. The molecule has 10 heteroatoms. The van der Waals surface area contributed by atoms with Crippen LogP contribution in [0.3, 0.4) is 0 Å². The number of carbonyl (C=O) groups excluding carboxylic acids is 1. The van der Waals surface area contributed by atoms with Crippen molar-refractivity contribution in [3.8, 4) is 0 Å². The first-order valence-corrected chi connectivity index (χ1v) is 11.6. The Morgan fingerprint density at radius 3 is 2.37 bits per heavy atom. The smallest absolute Gasteiger partial charge is 0.284 e. The summed E-state index contributed by atoms with van der Waals surface area (Å²) >= 11 is 1.12. The van der Waals surface area contributed by atoms with Crippen molar-refractivity contribution in [1.29, 1.82) is 0 Å². The summed E-state index contributed by atoms with van der Waals surface area (Å²) in [7, 11) is 1.75. The van der Waals surface area contributed by atoms with Gasteiger partial charge in [-0.3, -0.25) is 14.9 Å². The summed E-state index contributed by atoms with van der Waals surface area (Å²) in [5.41, 5.74) is 3.11. The van der Waals surface area contributed by atoms with Crippen molar-refractivity contribution >= 4 is 23.4 Å². The van der Waals surface area contributed by atoms with E-state index in [9.17, 15) is 14.9 Å². The van der Waals surface area contributed by atoms with E-state index in [4.69, 9.17) is 4.74 Å². The lowest BCUT2D eigenvalue weighted by atomic mass is 10.1. The summed E-state index contributed by atoms with van der Waals surface area (Å²) in [4.78, 5) is 24.1. The van der Waals surface area contributed by atoms with Gasteiger partial charge >= 0.3 is 0 Å². The Morgan fingerprint density at radius 1 is 1.03 bits per heavy atom. The lowest BCUT2D eigenvalue weighted by Crippen LogP contribution is -2.22. The number of nitrogens with one attached hydrogen (secondary N) is 1. The van der Waals surface area contributed by atoms with Crippen LogP contribution in [0, 0.1) is 10.1 Å². The maximum absolute atomic E-state index is 12.6. The third-order valence-electron chi connectivity index (χ3n) is 5.15. The molecule has 0 aliphatic heterocycles. The van der Waals surface area contributed by atoms with Crippen LogP contribution >= 0.6 is 11.8 Å². The van der Waals surface area contributed by atoms with Crippen LogP contribution in [0.5, 0.6) is 0 Å². The molecule has 0 radical (unpaired) electrons. The van der Waals surface area contributed by atoms with Crippen molar-refractivity contribution in [2.75, 3.05) is 0 Å². The fourth-order valence-electron chi connectivity index (χ4n) is 3.25. The Balaban J connectivity index is 1.32. The predicted molar refractivity (Wildman–Crippen MR) is 131 cm³/mol. The Bertz CT molecular complexity index is 1310. The number of hydrogen-bond donors (Lipinski definition) is 1. The van der Waals surface area contributed by atoms with Gasteiger partial charge in [-0.15, -0.1) is 10.2 Å². The van der Waals surface area contributed by atoms with Crippen molar-refractivity contribution in [3.05, 3.63) is 111 Å². The average Bonchev–Trinajstić information content (AvgIpc) is 3.28. The molecule has 0 atom stereocenters. The van der Waals surface area contributed by atoms with Gasteiger partial charge < -0.3 is 14.6 Å². The van der Waals surface area contributed by atoms with Gasteiger partial charge in [-0.05, 0) is 40.6 Å². The number of hydrogen-bond acceptors (Lipinski definition) is 7. The Morgan fingerprint density at radius 2 is 1.71 bits per heavy atom. The summed E-state index contributed by atoms with van der Waals surface area (Å²) in [5, 5.41) is 22.6. The molecular formula is C25H23N5O4S. The molecule has 3 aromatic carbocycles. The van der Waals surface area contributed by atoms with Crippen molar-refractivity contribution in [2.45, 2.75) is 29.8 Å². The Labute approximate surface area is 206 Å². The predicted octanol–water partition coefficient (Wildman–Crippen LogP) is 4.52. The van der Waals surface area contributed by atoms with E-state index >= 15 is 0 Å². The molecule has 0 saturated carbocycles. The standard InChI is InChI=1S/C25H23N5O4S/c1-29-17-27-28-25(29)35-23-12-11-21(13-22(23)30(32)33)24(31)26-14-18-7-9-20(10-8-18)16-34-15-19-5-3-2-4-6-19/h2-13,17H,14-16H2,1H3,(H,26,31). The highest BCUT2D eigenvalue weighted by atomic mass is 32.2. The molecule has 0 fully saturated rings. The topological polar surface area (TPSA) is 112 Å². The molecule has 0 unspecified atom stereocenters. The van der Waals surface area contributed by atoms with E-state index in [0.717, 1.165) is 28.5 Å². The number of aromatic nitrogens is 3. The maximum atomic E-state index is 12.6. The lowest BCUT2D eigenvalue weighted by Gasteiger charge is -2.09. The van der Waals surface area contributed by atoms with Gasteiger partial charge in [0.05, 0.1) is 23.0 Å². The second kappa shape index (κ2) is 11.4. The number of ether oxygens (including phenoxy) is 1. The molecule has 35 heavy (non-hydrogen) atoms. The number of aryl methyl sites for hydroxylation is 1. The summed E-state index contributed by atoms with van der Waals surface area (Å²) in [6.07, 6.45) is 1.51. The highest BCUT2D eigenvalue weighted by Gasteiger charge is 2.20. The molecule has 1 aromatic heterocycles. The molecule has 4 aromatic rings. The van der Waals surface area contributed by atoms with E-state index in [1.54, 1.807) is 23.7 Å². The number of nitro benzene ring substituents is 1. The molecule has 0 spiro atoms. The zero-order valence-corrected chi connectivity index (χ0v) is 19.8. The van der Waals surface area contributed by atoms with Crippen LogP contribution < -0.4 is 5.32 Å². The number of benzene rings is 3. The average molecular weight is 490 g/mol. The van der Waals surface area contributed by atoms with Crippen LogP contribution in [0.15, 0.2) is 89.2 Å². The van der Waals surface area contributed by atoms with Crippen LogP contribution in [0.2, 0.25) is 0 Å². The summed E-state index contributed by atoms with van der Waals surface area (Å²) < 4.78 is 7.41. The Hall–Kier alpha value is -4.02. The minimum atomic E-state index is -0.506. The zero-order valence-electron chi connectivity index (χ0n) is 19.0. The second-order valence-electron chi connectivity index (χ2n) is 7.74. The quantitative estimate of drug-likeness (QED) is 0.257. The highest BCUT2D eigenvalue weighted by Crippen LogP contribution is 2.34. The minimum absolute atomic E-state index is 0.162. The first-order chi connectivity index (χ1) is 17.0. The van der Waals surface area contributed by atoms with E-state index in [1.165, 1.54) is 12.4 Å². The van der Waals surface area contributed by atoms with Crippen molar-refractivity contribution < 1.29 is 14.5 Å². The van der Waals surface area contributed by atoms with Gasteiger partial charge in [0.1, 0.15) is 6.33 Å². The van der Waals surface area contributed by atoms with Gasteiger partial charge in [0.15, 0.2) is 5.16 Å². The fraction of sp³-hybridized carbons (Fsp3) is 0.160. The highest BCUT2D eigenvalue weighted by molar-refractivity contribution is 7.99. The van der Waals surface area contributed by atoms with Crippen LogP contribution in [0.25, 0.3) is 0 Å². The normalized spacial score (nSPS) is 10.8. The molecule has 178 valence electrons. The monoisotopic (exact) mass is 489 g/mol. The van der Waals surface area contributed by atoms with Crippen LogP contribution in [-0.2, 0) is 31.5 Å². The SMILES string of the molecule is Cn1cnnc1Sc1ccc(C(=O)NCc2ccc(COCc3ccccc3)cc2)cc1[N+](=O)[O-]. The molecule has 4 rings (SSSR count). The molecule has 1 N–H and O–H groups in total. The van der Waals surface area contributed by atoms with E-state index in [0.29, 0.717) is 29.8 Å². The molecule has 0 bridgehead atoms.